The van der Waals surface area contributed by atoms with Gasteiger partial charge in [-0.1, -0.05) is 23.7 Å². The number of imide groups is 1. The summed E-state index contributed by atoms with van der Waals surface area (Å²) in [5, 5.41) is 5.68. The van der Waals surface area contributed by atoms with Gasteiger partial charge in [-0.15, -0.1) is 11.3 Å². The number of ether oxygens (including phenoxy) is 1. The molecular formula is C25H23ClN2O3S. The van der Waals surface area contributed by atoms with E-state index < -0.39 is 0 Å². The first-order valence-electron chi connectivity index (χ1n) is 10.2. The first-order chi connectivity index (χ1) is 15.3. The summed E-state index contributed by atoms with van der Waals surface area (Å²) in [7, 11) is 0. The van der Waals surface area contributed by atoms with E-state index in [2.05, 4.69) is 11.4 Å². The van der Waals surface area contributed by atoms with Crippen molar-refractivity contribution in [2.24, 2.45) is 0 Å². The van der Waals surface area contributed by atoms with Crippen molar-refractivity contribution in [3.8, 4) is 5.75 Å². The highest BCUT2D eigenvalue weighted by molar-refractivity contribution is 7.11. The number of amides is 2. The van der Waals surface area contributed by atoms with Crippen LogP contribution in [0.5, 0.6) is 5.75 Å². The lowest BCUT2D eigenvalue weighted by molar-refractivity contribution is -0.137. The van der Waals surface area contributed by atoms with Crippen molar-refractivity contribution in [1.29, 1.82) is 0 Å². The minimum absolute atomic E-state index is 0.157. The topological polar surface area (TPSA) is 58.6 Å². The third kappa shape index (κ3) is 4.56. The Morgan fingerprint density at radius 1 is 1.00 bits per heavy atom. The number of aryl methyl sites for hydroxylation is 3. The second kappa shape index (κ2) is 9.18. The van der Waals surface area contributed by atoms with Gasteiger partial charge < -0.3 is 10.1 Å². The van der Waals surface area contributed by atoms with Crippen LogP contribution in [-0.2, 0) is 9.59 Å². The van der Waals surface area contributed by atoms with Crippen LogP contribution in [0.3, 0.4) is 0 Å². The van der Waals surface area contributed by atoms with Crippen molar-refractivity contribution in [2.75, 3.05) is 18.5 Å². The van der Waals surface area contributed by atoms with E-state index in [1.807, 2.05) is 56.5 Å². The number of carbonyl (C=O) groups is 2. The molecule has 5 nitrogen and oxygen atoms in total. The fraction of sp³-hybridized carbons (Fsp3) is 0.200. The molecule has 32 heavy (non-hydrogen) atoms. The first kappa shape index (κ1) is 22.1. The number of hydrogen-bond acceptors (Lipinski definition) is 5. The number of hydrogen-bond donors (Lipinski definition) is 1. The van der Waals surface area contributed by atoms with E-state index in [0.29, 0.717) is 10.6 Å². The molecule has 1 aromatic heterocycles. The zero-order chi connectivity index (χ0) is 22.8. The molecule has 7 heteroatoms. The van der Waals surface area contributed by atoms with Crippen LogP contribution >= 0.6 is 22.9 Å². The highest BCUT2D eigenvalue weighted by Gasteiger charge is 2.39. The molecule has 0 aliphatic carbocycles. The molecule has 0 fully saturated rings. The Kier molecular flexibility index (Phi) is 6.35. The molecule has 0 unspecified atom stereocenters. The SMILES string of the molecule is Cc1cc(C)cc(OCCN2C(=O)C(Nc3ccc(Cl)cc3C)=C(c3cccs3)C2=O)c1. The van der Waals surface area contributed by atoms with Crippen molar-refractivity contribution in [2.45, 2.75) is 20.8 Å². The number of rotatable bonds is 7. The molecule has 3 aromatic rings. The van der Waals surface area contributed by atoms with Crippen LogP contribution in [-0.4, -0.2) is 29.9 Å². The Hall–Kier alpha value is -3.09. The summed E-state index contributed by atoms with van der Waals surface area (Å²) in [4.78, 5) is 28.5. The second-order valence-corrected chi connectivity index (χ2v) is 9.13. The molecule has 0 spiro atoms. The third-order valence-corrected chi connectivity index (χ3v) is 6.29. The van der Waals surface area contributed by atoms with Crippen LogP contribution in [0.15, 0.2) is 59.6 Å². The van der Waals surface area contributed by atoms with Gasteiger partial charge in [-0.25, -0.2) is 0 Å². The van der Waals surface area contributed by atoms with Crippen LogP contribution in [0.2, 0.25) is 5.02 Å². The van der Waals surface area contributed by atoms with E-state index in [-0.39, 0.29) is 30.7 Å². The van der Waals surface area contributed by atoms with E-state index in [9.17, 15) is 9.59 Å². The predicted octanol–water partition coefficient (Wildman–Crippen LogP) is 5.60. The third-order valence-electron chi connectivity index (χ3n) is 5.16. The fourth-order valence-corrected chi connectivity index (χ4v) is 4.71. The molecule has 0 atom stereocenters. The van der Waals surface area contributed by atoms with E-state index in [4.69, 9.17) is 16.3 Å². The van der Waals surface area contributed by atoms with Crippen molar-refractivity contribution >= 4 is 46.0 Å². The largest absolute Gasteiger partial charge is 0.492 e. The minimum Gasteiger partial charge on any atom is -0.492 e. The summed E-state index contributed by atoms with van der Waals surface area (Å²) in [6.45, 7) is 6.27. The van der Waals surface area contributed by atoms with E-state index in [1.165, 1.54) is 16.2 Å². The van der Waals surface area contributed by atoms with Gasteiger partial charge in [0.05, 0.1) is 12.1 Å². The van der Waals surface area contributed by atoms with Crippen molar-refractivity contribution in [1.82, 2.24) is 4.90 Å². The predicted molar refractivity (Wildman–Crippen MR) is 129 cm³/mol. The minimum atomic E-state index is -0.364. The highest BCUT2D eigenvalue weighted by atomic mass is 35.5. The van der Waals surface area contributed by atoms with Gasteiger partial charge in [-0.3, -0.25) is 14.5 Å². The maximum atomic E-state index is 13.3. The summed E-state index contributed by atoms with van der Waals surface area (Å²) in [6.07, 6.45) is 0. The molecule has 0 saturated carbocycles. The second-order valence-electron chi connectivity index (χ2n) is 7.75. The standard InChI is InChI=1S/C25H23ClN2O3S/c1-15-11-16(2)13-19(12-15)31-9-8-28-24(29)22(21-5-4-10-32-21)23(25(28)30)27-20-7-6-18(26)14-17(20)3/h4-7,10-14,27H,8-9H2,1-3H3. The molecule has 2 aromatic carbocycles. The molecule has 2 amide bonds. The lowest BCUT2D eigenvalue weighted by Gasteiger charge is -2.16. The van der Waals surface area contributed by atoms with Gasteiger partial charge >= 0.3 is 0 Å². The van der Waals surface area contributed by atoms with E-state index in [0.717, 1.165) is 33.0 Å². The van der Waals surface area contributed by atoms with Crippen LogP contribution in [0.1, 0.15) is 21.6 Å². The van der Waals surface area contributed by atoms with Crippen molar-refractivity contribution in [3.05, 3.63) is 86.2 Å². The van der Waals surface area contributed by atoms with Crippen LogP contribution < -0.4 is 10.1 Å². The highest BCUT2D eigenvalue weighted by Crippen LogP contribution is 2.33. The number of anilines is 1. The number of halogens is 1. The maximum absolute atomic E-state index is 13.3. The van der Waals surface area contributed by atoms with Gasteiger partial charge in [0.25, 0.3) is 11.8 Å². The lowest BCUT2D eigenvalue weighted by Crippen LogP contribution is -2.36. The molecule has 164 valence electrons. The van der Waals surface area contributed by atoms with Gasteiger partial charge in [-0.2, -0.15) is 0 Å². The van der Waals surface area contributed by atoms with Gasteiger partial charge in [-0.05, 0) is 79.2 Å². The summed E-state index contributed by atoms with van der Waals surface area (Å²) in [6, 6.07) is 15.0. The Morgan fingerprint density at radius 2 is 1.75 bits per heavy atom. The fourth-order valence-electron chi connectivity index (χ4n) is 3.72. The van der Waals surface area contributed by atoms with Crippen LogP contribution in [0.25, 0.3) is 5.57 Å². The van der Waals surface area contributed by atoms with Gasteiger partial charge in [0.15, 0.2) is 0 Å². The molecule has 1 aliphatic heterocycles. The Morgan fingerprint density at radius 3 is 2.41 bits per heavy atom. The van der Waals surface area contributed by atoms with Gasteiger partial charge in [0.1, 0.15) is 18.1 Å². The Bertz CT molecular complexity index is 1200. The smallest absolute Gasteiger partial charge is 0.278 e. The van der Waals surface area contributed by atoms with Crippen LogP contribution in [0.4, 0.5) is 5.69 Å². The summed E-state index contributed by atoms with van der Waals surface area (Å²) in [5.41, 5.74) is 4.46. The number of benzene rings is 2. The number of nitrogens with one attached hydrogen (secondary N) is 1. The Balaban J connectivity index is 1.56. The lowest BCUT2D eigenvalue weighted by atomic mass is 10.1. The zero-order valence-electron chi connectivity index (χ0n) is 18.1. The molecule has 0 radical (unpaired) electrons. The summed E-state index contributed by atoms with van der Waals surface area (Å²) >= 11 is 7.49. The number of thiophene rings is 1. The van der Waals surface area contributed by atoms with Crippen molar-refractivity contribution < 1.29 is 14.3 Å². The molecule has 0 bridgehead atoms. The van der Waals surface area contributed by atoms with E-state index in [1.54, 1.807) is 12.1 Å². The average Bonchev–Trinajstić information content (AvgIpc) is 3.32. The molecule has 4 rings (SSSR count). The monoisotopic (exact) mass is 466 g/mol. The molecule has 1 N–H and O–H groups in total. The molecule has 0 saturated heterocycles. The summed E-state index contributed by atoms with van der Waals surface area (Å²) < 4.78 is 5.84. The van der Waals surface area contributed by atoms with Crippen LogP contribution in [0, 0.1) is 20.8 Å². The molecular weight excluding hydrogens is 444 g/mol. The number of carbonyl (C=O) groups excluding carboxylic acids is 2. The Labute approximate surface area is 196 Å². The van der Waals surface area contributed by atoms with Gasteiger partial charge in [0.2, 0.25) is 0 Å². The first-order valence-corrected chi connectivity index (χ1v) is 11.5. The normalized spacial score (nSPS) is 13.8. The van der Waals surface area contributed by atoms with Crippen molar-refractivity contribution in [3.63, 3.8) is 0 Å². The number of nitrogens with zero attached hydrogens (tertiary/aromatic N) is 1. The maximum Gasteiger partial charge on any atom is 0.278 e. The average molecular weight is 467 g/mol. The zero-order valence-corrected chi connectivity index (χ0v) is 19.6. The molecule has 1 aliphatic rings. The molecule has 2 heterocycles. The quantitative estimate of drug-likeness (QED) is 0.460. The van der Waals surface area contributed by atoms with E-state index >= 15 is 0 Å². The summed E-state index contributed by atoms with van der Waals surface area (Å²) in [5.74, 6) is 0.0375. The van der Waals surface area contributed by atoms with Gasteiger partial charge in [0, 0.05) is 15.6 Å².